The molecule has 0 radical (unpaired) electrons. The van der Waals surface area contributed by atoms with Gasteiger partial charge in [-0.05, 0) is 53.0 Å². The molecule has 2 aromatic carbocycles. The second kappa shape index (κ2) is 7.26. The molecule has 5 nitrogen and oxygen atoms in total. The topological polar surface area (TPSA) is 61.6 Å². The van der Waals surface area contributed by atoms with E-state index in [-0.39, 0.29) is 11.4 Å². The summed E-state index contributed by atoms with van der Waals surface area (Å²) in [7, 11) is 0. The molecule has 22 heavy (non-hydrogen) atoms. The van der Waals surface area contributed by atoms with Crippen molar-refractivity contribution in [2.24, 2.45) is 0 Å². The highest BCUT2D eigenvalue weighted by molar-refractivity contribution is 9.10. The smallest absolute Gasteiger partial charge is 0.311 e. The SMILES string of the molecule is CCCOc1ccc([N+](=O)[O-])c(Oc2cc(C)ccc2Br)c1. The van der Waals surface area contributed by atoms with Gasteiger partial charge in [0, 0.05) is 12.1 Å². The van der Waals surface area contributed by atoms with Crippen molar-refractivity contribution < 1.29 is 14.4 Å². The number of hydrogen-bond acceptors (Lipinski definition) is 4. The summed E-state index contributed by atoms with van der Waals surface area (Å²) >= 11 is 3.38. The van der Waals surface area contributed by atoms with Crippen molar-refractivity contribution in [3.8, 4) is 17.2 Å². The first-order valence-electron chi connectivity index (χ1n) is 6.86. The van der Waals surface area contributed by atoms with E-state index in [4.69, 9.17) is 9.47 Å². The number of rotatable bonds is 6. The average Bonchev–Trinajstić information content (AvgIpc) is 2.48. The van der Waals surface area contributed by atoms with Crippen LogP contribution in [0.4, 0.5) is 5.69 Å². The molecule has 116 valence electrons. The van der Waals surface area contributed by atoms with Crippen LogP contribution in [-0.4, -0.2) is 11.5 Å². The van der Waals surface area contributed by atoms with Crippen molar-refractivity contribution in [3.63, 3.8) is 0 Å². The van der Waals surface area contributed by atoms with Crippen molar-refractivity contribution in [1.82, 2.24) is 0 Å². The predicted molar refractivity (Wildman–Crippen MR) is 87.8 cm³/mol. The fourth-order valence-corrected chi connectivity index (χ4v) is 2.17. The molecule has 6 heteroatoms. The first-order chi connectivity index (χ1) is 10.5. The number of nitro groups is 1. The molecule has 0 heterocycles. The Morgan fingerprint density at radius 1 is 1.18 bits per heavy atom. The molecule has 2 aromatic rings. The van der Waals surface area contributed by atoms with Crippen LogP contribution >= 0.6 is 15.9 Å². The van der Waals surface area contributed by atoms with Gasteiger partial charge in [-0.15, -0.1) is 0 Å². The summed E-state index contributed by atoms with van der Waals surface area (Å²) in [6.07, 6.45) is 0.858. The van der Waals surface area contributed by atoms with E-state index in [0.717, 1.165) is 16.5 Å². The third kappa shape index (κ3) is 3.98. The molecule has 0 saturated heterocycles. The minimum atomic E-state index is -0.470. The van der Waals surface area contributed by atoms with Crippen LogP contribution in [0.1, 0.15) is 18.9 Å². The summed E-state index contributed by atoms with van der Waals surface area (Å²) in [5, 5.41) is 11.2. The lowest BCUT2D eigenvalue weighted by atomic mass is 10.2. The van der Waals surface area contributed by atoms with E-state index in [0.29, 0.717) is 18.1 Å². The maximum Gasteiger partial charge on any atom is 0.311 e. The number of ether oxygens (including phenoxy) is 2. The summed E-state index contributed by atoms with van der Waals surface area (Å²) in [6, 6.07) is 10.1. The quantitative estimate of drug-likeness (QED) is 0.518. The summed E-state index contributed by atoms with van der Waals surface area (Å²) in [5.74, 6) is 1.23. The molecule has 0 spiro atoms. The molecule has 0 bridgehead atoms. The van der Waals surface area contributed by atoms with E-state index in [1.807, 2.05) is 32.0 Å². The summed E-state index contributed by atoms with van der Waals surface area (Å²) < 4.78 is 12.0. The van der Waals surface area contributed by atoms with Gasteiger partial charge < -0.3 is 9.47 Å². The second-order valence-corrected chi connectivity index (χ2v) is 5.63. The fourth-order valence-electron chi connectivity index (χ4n) is 1.84. The molecule has 0 atom stereocenters. The van der Waals surface area contributed by atoms with Crippen LogP contribution in [0.15, 0.2) is 40.9 Å². The Balaban J connectivity index is 2.38. The molecule has 0 aliphatic rings. The monoisotopic (exact) mass is 365 g/mol. The largest absolute Gasteiger partial charge is 0.493 e. The Morgan fingerprint density at radius 3 is 2.64 bits per heavy atom. The lowest BCUT2D eigenvalue weighted by Gasteiger charge is -2.11. The minimum Gasteiger partial charge on any atom is -0.493 e. The van der Waals surface area contributed by atoms with Gasteiger partial charge in [-0.25, -0.2) is 0 Å². The van der Waals surface area contributed by atoms with E-state index in [1.165, 1.54) is 6.07 Å². The second-order valence-electron chi connectivity index (χ2n) is 4.77. The van der Waals surface area contributed by atoms with Crippen LogP contribution in [0.5, 0.6) is 17.2 Å². The molecule has 0 fully saturated rings. The Kier molecular flexibility index (Phi) is 5.38. The lowest BCUT2D eigenvalue weighted by Crippen LogP contribution is -1.98. The van der Waals surface area contributed by atoms with Gasteiger partial charge in [0.25, 0.3) is 0 Å². The van der Waals surface area contributed by atoms with E-state index in [2.05, 4.69) is 15.9 Å². The van der Waals surface area contributed by atoms with Gasteiger partial charge in [-0.3, -0.25) is 10.1 Å². The predicted octanol–water partition coefficient (Wildman–Crippen LogP) is 5.25. The number of aryl methyl sites for hydroxylation is 1. The van der Waals surface area contributed by atoms with Gasteiger partial charge >= 0.3 is 5.69 Å². The third-order valence-electron chi connectivity index (χ3n) is 2.91. The fraction of sp³-hybridized carbons (Fsp3) is 0.250. The molecule has 0 amide bonds. The molecule has 0 N–H and O–H groups in total. The van der Waals surface area contributed by atoms with E-state index >= 15 is 0 Å². The van der Waals surface area contributed by atoms with Crippen molar-refractivity contribution in [2.45, 2.75) is 20.3 Å². The zero-order chi connectivity index (χ0) is 16.1. The van der Waals surface area contributed by atoms with Gasteiger partial charge in [0.1, 0.15) is 11.5 Å². The van der Waals surface area contributed by atoms with Gasteiger partial charge in [0.2, 0.25) is 5.75 Å². The van der Waals surface area contributed by atoms with Crippen molar-refractivity contribution in [3.05, 3.63) is 56.5 Å². The van der Waals surface area contributed by atoms with Crippen LogP contribution in [0.25, 0.3) is 0 Å². The molecular weight excluding hydrogens is 350 g/mol. The zero-order valence-corrected chi connectivity index (χ0v) is 13.9. The summed E-state index contributed by atoms with van der Waals surface area (Å²) in [4.78, 5) is 10.7. The van der Waals surface area contributed by atoms with E-state index < -0.39 is 4.92 Å². The average molecular weight is 366 g/mol. The van der Waals surface area contributed by atoms with Gasteiger partial charge in [-0.2, -0.15) is 0 Å². The van der Waals surface area contributed by atoms with Gasteiger partial charge in [0.05, 0.1) is 16.0 Å². The molecule has 0 aliphatic heterocycles. The number of halogens is 1. The maximum absolute atomic E-state index is 11.2. The Bertz CT molecular complexity index is 688. The van der Waals surface area contributed by atoms with Crippen molar-refractivity contribution in [2.75, 3.05) is 6.61 Å². The van der Waals surface area contributed by atoms with Gasteiger partial charge in [0.15, 0.2) is 0 Å². The molecule has 2 rings (SSSR count). The highest BCUT2D eigenvalue weighted by Gasteiger charge is 2.18. The first kappa shape index (κ1) is 16.3. The van der Waals surface area contributed by atoms with E-state index in [1.54, 1.807) is 12.1 Å². The number of nitrogens with zero attached hydrogens (tertiary/aromatic N) is 1. The zero-order valence-electron chi connectivity index (χ0n) is 12.3. The third-order valence-corrected chi connectivity index (χ3v) is 3.56. The highest BCUT2D eigenvalue weighted by atomic mass is 79.9. The number of hydrogen-bond donors (Lipinski definition) is 0. The van der Waals surface area contributed by atoms with Crippen molar-refractivity contribution in [1.29, 1.82) is 0 Å². The molecule has 0 saturated carbocycles. The highest BCUT2D eigenvalue weighted by Crippen LogP contribution is 2.37. The van der Waals surface area contributed by atoms with Crippen LogP contribution in [-0.2, 0) is 0 Å². The number of benzene rings is 2. The van der Waals surface area contributed by atoms with Crippen LogP contribution in [0.2, 0.25) is 0 Å². The van der Waals surface area contributed by atoms with Crippen LogP contribution < -0.4 is 9.47 Å². The summed E-state index contributed by atoms with van der Waals surface area (Å²) in [5.41, 5.74) is 0.900. The maximum atomic E-state index is 11.2. The van der Waals surface area contributed by atoms with Crippen molar-refractivity contribution >= 4 is 21.6 Å². The van der Waals surface area contributed by atoms with Crippen LogP contribution in [0.3, 0.4) is 0 Å². The van der Waals surface area contributed by atoms with Crippen LogP contribution in [0, 0.1) is 17.0 Å². The van der Waals surface area contributed by atoms with E-state index in [9.17, 15) is 10.1 Å². The normalized spacial score (nSPS) is 10.3. The number of nitro benzene ring substituents is 1. The standard InChI is InChI=1S/C16H16BrNO4/c1-3-8-21-12-5-7-14(18(19)20)16(10-12)22-15-9-11(2)4-6-13(15)17/h4-7,9-10H,3,8H2,1-2H3. The molecule has 0 aliphatic carbocycles. The lowest BCUT2D eigenvalue weighted by molar-refractivity contribution is -0.385. The molecule has 0 aromatic heterocycles. The minimum absolute atomic E-state index is 0.0998. The van der Waals surface area contributed by atoms with Gasteiger partial charge in [-0.1, -0.05) is 13.0 Å². The Hall–Kier alpha value is -2.08. The molecular formula is C16H16BrNO4. The Labute approximate surface area is 137 Å². The Morgan fingerprint density at radius 2 is 1.95 bits per heavy atom. The summed E-state index contributed by atoms with van der Waals surface area (Å²) in [6.45, 7) is 4.46. The first-order valence-corrected chi connectivity index (χ1v) is 7.65. The molecule has 0 unspecified atom stereocenters.